The molecule has 0 spiro atoms. The second kappa shape index (κ2) is 8.03. The van der Waals surface area contributed by atoms with Crippen molar-refractivity contribution in [3.8, 4) is 10.4 Å². The fraction of sp³-hybridized carbons (Fsp3) is 0.500. The summed E-state index contributed by atoms with van der Waals surface area (Å²) >= 11 is 3.28. The highest BCUT2D eigenvalue weighted by atomic mass is 32.1. The predicted molar refractivity (Wildman–Crippen MR) is 111 cm³/mol. The van der Waals surface area contributed by atoms with E-state index in [0.29, 0.717) is 12.6 Å². The average Bonchev–Trinajstić information content (AvgIpc) is 3.20. The SMILES string of the molecule is Cc1ccc(-c2csc3nc(CNC4CCCCCCC4)[nH]c(=O)c23)s1. The van der Waals surface area contributed by atoms with E-state index in [2.05, 4.69) is 34.7 Å². The Labute approximate surface area is 161 Å². The molecule has 0 bridgehead atoms. The summed E-state index contributed by atoms with van der Waals surface area (Å²) in [6.45, 7) is 2.73. The molecule has 0 saturated heterocycles. The van der Waals surface area contributed by atoms with Crippen molar-refractivity contribution in [2.24, 2.45) is 0 Å². The first-order valence-corrected chi connectivity index (χ1v) is 11.2. The van der Waals surface area contributed by atoms with Crippen molar-refractivity contribution in [1.82, 2.24) is 15.3 Å². The molecule has 4 rings (SSSR count). The van der Waals surface area contributed by atoms with Gasteiger partial charge in [-0.1, -0.05) is 32.1 Å². The van der Waals surface area contributed by atoms with Crippen LogP contribution in [0.3, 0.4) is 0 Å². The molecule has 2 N–H and O–H groups in total. The summed E-state index contributed by atoms with van der Waals surface area (Å²) < 4.78 is 0. The van der Waals surface area contributed by atoms with Crippen molar-refractivity contribution in [2.45, 2.75) is 64.5 Å². The first-order valence-electron chi connectivity index (χ1n) is 9.51. The second-order valence-corrected chi connectivity index (χ2v) is 9.32. The summed E-state index contributed by atoms with van der Waals surface area (Å²) in [5.74, 6) is 0.750. The maximum Gasteiger partial charge on any atom is 0.260 e. The number of thiophene rings is 2. The van der Waals surface area contributed by atoms with Gasteiger partial charge in [-0.05, 0) is 31.9 Å². The van der Waals surface area contributed by atoms with E-state index >= 15 is 0 Å². The Morgan fingerprint density at radius 2 is 1.96 bits per heavy atom. The maximum atomic E-state index is 12.7. The van der Waals surface area contributed by atoms with Crippen LogP contribution in [0.1, 0.15) is 55.6 Å². The molecule has 26 heavy (non-hydrogen) atoms. The van der Waals surface area contributed by atoms with Crippen molar-refractivity contribution in [3.63, 3.8) is 0 Å². The quantitative estimate of drug-likeness (QED) is 0.645. The zero-order chi connectivity index (χ0) is 17.9. The van der Waals surface area contributed by atoms with E-state index in [9.17, 15) is 4.79 Å². The molecule has 1 aliphatic carbocycles. The van der Waals surface area contributed by atoms with Crippen LogP contribution in [0.15, 0.2) is 22.3 Å². The van der Waals surface area contributed by atoms with Gasteiger partial charge in [0, 0.05) is 26.7 Å². The topological polar surface area (TPSA) is 57.8 Å². The summed E-state index contributed by atoms with van der Waals surface area (Å²) in [5.41, 5.74) is 0.989. The summed E-state index contributed by atoms with van der Waals surface area (Å²) in [5, 5.41) is 6.40. The number of nitrogens with one attached hydrogen (secondary N) is 2. The van der Waals surface area contributed by atoms with Gasteiger partial charge in [-0.3, -0.25) is 4.79 Å². The number of nitrogens with zero attached hydrogens (tertiary/aromatic N) is 1. The molecule has 1 aliphatic rings. The number of H-pyrrole nitrogens is 1. The normalized spacial score (nSPS) is 16.7. The van der Waals surface area contributed by atoms with Crippen molar-refractivity contribution in [3.05, 3.63) is 38.6 Å². The lowest BCUT2D eigenvalue weighted by Crippen LogP contribution is -2.30. The van der Waals surface area contributed by atoms with Crippen LogP contribution in [0.5, 0.6) is 0 Å². The summed E-state index contributed by atoms with van der Waals surface area (Å²) in [6, 6.07) is 4.73. The Balaban J connectivity index is 1.53. The third-order valence-electron chi connectivity index (χ3n) is 5.16. The second-order valence-electron chi connectivity index (χ2n) is 7.18. The van der Waals surface area contributed by atoms with E-state index in [0.717, 1.165) is 26.5 Å². The van der Waals surface area contributed by atoms with Crippen LogP contribution in [-0.2, 0) is 6.54 Å². The number of aryl methyl sites for hydroxylation is 1. The third kappa shape index (κ3) is 3.92. The molecule has 0 atom stereocenters. The Kier molecular flexibility index (Phi) is 5.52. The summed E-state index contributed by atoms with van der Waals surface area (Å²) in [4.78, 5) is 23.7. The molecule has 0 aromatic carbocycles. The first-order chi connectivity index (χ1) is 12.7. The predicted octanol–water partition coefficient (Wildman–Crippen LogP) is 5.22. The van der Waals surface area contributed by atoms with E-state index in [1.54, 1.807) is 22.7 Å². The van der Waals surface area contributed by atoms with Gasteiger partial charge < -0.3 is 10.3 Å². The minimum absolute atomic E-state index is 0.0215. The lowest BCUT2D eigenvalue weighted by molar-refractivity contribution is 0.386. The molecule has 3 aromatic heterocycles. The number of aromatic nitrogens is 2. The molecule has 138 valence electrons. The van der Waals surface area contributed by atoms with Gasteiger partial charge in [-0.2, -0.15) is 0 Å². The number of hydrogen-bond acceptors (Lipinski definition) is 5. The minimum Gasteiger partial charge on any atom is -0.309 e. The van der Waals surface area contributed by atoms with Crippen molar-refractivity contribution >= 4 is 32.9 Å². The number of hydrogen-bond donors (Lipinski definition) is 2. The van der Waals surface area contributed by atoms with E-state index in [-0.39, 0.29) is 5.56 Å². The number of aromatic amines is 1. The van der Waals surface area contributed by atoms with Crippen molar-refractivity contribution in [2.75, 3.05) is 0 Å². The van der Waals surface area contributed by atoms with Gasteiger partial charge in [0.15, 0.2) is 0 Å². The van der Waals surface area contributed by atoms with E-state index in [1.807, 2.05) is 0 Å². The van der Waals surface area contributed by atoms with Gasteiger partial charge in [0.2, 0.25) is 0 Å². The van der Waals surface area contributed by atoms with Crippen LogP contribution in [-0.4, -0.2) is 16.0 Å². The molecular formula is C20H25N3OS2. The summed E-state index contributed by atoms with van der Waals surface area (Å²) in [7, 11) is 0. The zero-order valence-electron chi connectivity index (χ0n) is 15.1. The molecule has 3 aromatic rings. The maximum absolute atomic E-state index is 12.7. The van der Waals surface area contributed by atoms with Crippen molar-refractivity contribution < 1.29 is 0 Å². The zero-order valence-corrected chi connectivity index (χ0v) is 16.8. The van der Waals surface area contributed by atoms with Gasteiger partial charge in [0.25, 0.3) is 5.56 Å². The van der Waals surface area contributed by atoms with Crippen LogP contribution in [0.25, 0.3) is 20.7 Å². The lowest BCUT2D eigenvalue weighted by atomic mass is 9.97. The third-order valence-corrected chi connectivity index (χ3v) is 7.07. The minimum atomic E-state index is -0.0215. The molecule has 3 heterocycles. The molecule has 0 amide bonds. The van der Waals surface area contributed by atoms with E-state index in [4.69, 9.17) is 4.98 Å². The van der Waals surface area contributed by atoms with Crippen LogP contribution in [0.4, 0.5) is 0 Å². The van der Waals surface area contributed by atoms with Crippen molar-refractivity contribution in [1.29, 1.82) is 0 Å². The van der Waals surface area contributed by atoms with Crippen LogP contribution >= 0.6 is 22.7 Å². The Hall–Kier alpha value is -1.50. The van der Waals surface area contributed by atoms with E-state index in [1.165, 1.54) is 49.8 Å². The van der Waals surface area contributed by atoms with Gasteiger partial charge in [0.1, 0.15) is 10.7 Å². The lowest BCUT2D eigenvalue weighted by Gasteiger charge is -2.20. The van der Waals surface area contributed by atoms with Crippen LogP contribution in [0, 0.1) is 6.92 Å². The molecular weight excluding hydrogens is 362 g/mol. The fourth-order valence-electron chi connectivity index (χ4n) is 3.74. The summed E-state index contributed by atoms with van der Waals surface area (Å²) in [6.07, 6.45) is 9.13. The standard InChI is InChI=1S/C20H25N3OS2/c1-13-9-10-16(26-13)15-12-25-20-18(15)19(24)22-17(23-20)11-21-14-7-5-3-2-4-6-8-14/h9-10,12,14,21H,2-8,11H2,1H3,(H,22,23,24). The van der Waals surface area contributed by atoms with Gasteiger partial charge in [0.05, 0.1) is 11.9 Å². The largest absolute Gasteiger partial charge is 0.309 e. The Bertz CT molecular complexity index is 932. The van der Waals surface area contributed by atoms with Gasteiger partial charge in [-0.25, -0.2) is 4.98 Å². The Morgan fingerprint density at radius 1 is 1.19 bits per heavy atom. The highest BCUT2D eigenvalue weighted by Gasteiger charge is 2.15. The monoisotopic (exact) mass is 387 g/mol. The molecule has 1 saturated carbocycles. The molecule has 0 unspecified atom stereocenters. The van der Waals surface area contributed by atoms with Gasteiger partial charge >= 0.3 is 0 Å². The average molecular weight is 388 g/mol. The Morgan fingerprint density at radius 3 is 2.69 bits per heavy atom. The smallest absolute Gasteiger partial charge is 0.260 e. The molecule has 0 radical (unpaired) electrons. The fourth-order valence-corrected chi connectivity index (χ4v) is 5.66. The molecule has 1 fully saturated rings. The molecule has 0 aliphatic heterocycles. The molecule has 4 nitrogen and oxygen atoms in total. The number of fused-ring (bicyclic) bond motifs is 1. The highest BCUT2D eigenvalue weighted by molar-refractivity contribution is 7.19. The molecule has 6 heteroatoms. The van der Waals surface area contributed by atoms with E-state index < -0.39 is 0 Å². The first kappa shape index (κ1) is 17.9. The van der Waals surface area contributed by atoms with Gasteiger partial charge in [-0.15, -0.1) is 22.7 Å². The highest BCUT2D eigenvalue weighted by Crippen LogP contribution is 2.34. The van der Waals surface area contributed by atoms with Crippen LogP contribution in [0.2, 0.25) is 0 Å². The number of rotatable bonds is 4. The van der Waals surface area contributed by atoms with Crippen LogP contribution < -0.4 is 10.9 Å².